The van der Waals surface area contributed by atoms with Gasteiger partial charge in [0.15, 0.2) is 0 Å². The number of nitrogens with one attached hydrogen (secondary N) is 2. The van der Waals surface area contributed by atoms with Gasteiger partial charge in [-0.05, 0) is 54.3 Å². The van der Waals surface area contributed by atoms with Crippen molar-refractivity contribution in [3.63, 3.8) is 0 Å². The maximum atomic E-state index is 5.55. The fourth-order valence-electron chi connectivity index (χ4n) is 9.26. The Morgan fingerprint density at radius 1 is 0.750 bits per heavy atom. The van der Waals surface area contributed by atoms with E-state index in [-0.39, 0.29) is 18.2 Å². The van der Waals surface area contributed by atoms with E-state index >= 15 is 0 Å². The zero-order chi connectivity index (χ0) is 34.2. The first-order valence-corrected chi connectivity index (χ1v) is 18.7. The molecule has 6 aromatic rings. The monoisotopic (exact) mass is 673 g/mol. The van der Waals surface area contributed by atoms with Crippen LogP contribution in [0, 0.1) is 11.8 Å². The molecule has 2 aromatic heterocycles. The van der Waals surface area contributed by atoms with Gasteiger partial charge in [0.1, 0.15) is 12.3 Å². The van der Waals surface area contributed by atoms with Gasteiger partial charge in [-0.3, -0.25) is 9.88 Å². The van der Waals surface area contributed by atoms with Crippen LogP contribution in [0.1, 0.15) is 42.2 Å². The molecule has 11 rings (SSSR count). The van der Waals surface area contributed by atoms with Gasteiger partial charge in [0, 0.05) is 44.5 Å². The molecule has 0 amide bonds. The number of fused-ring (bicyclic) bond motifs is 9. The van der Waals surface area contributed by atoms with Gasteiger partial charge < -0.3 is 9.88 Å². The molecule has 4 aliphatic carbocycles. The zero-order valence-corrected chi connectivity index (χ0v) is 28.9. The topological polar surface area (TPSA) is 46.3 Å². The molecular weight excluding hydrogens is 635 g/mol. The predicted molar refractivity (Wildman–Crippen MR) is 215 cm³/mol. The van der Waals surface area contributed by atoms with Crippen LogP contribution in [-0.4, -0.2) is 21.3 Å². The van der Waals surface area contributed by atoms with Crippen LogP contribution in [0.2, 0.25) is 0 Å². The molecule has 0 saturated heterocycles. The highest BCUT2D eigenvalue weighted by Gasteiger charge is 2.34. The van der Waals surface area contributed by atoms with Crippen LogP contribution in [0.3, 0.4) is 0 Å². The first kappa shape index (κ1) is 29.8. The van der Waals surface area contributed by atoms with Gasteiger partial charge in [0.25, 0.3) is 0 Å². The van der Waals surface area contributed by atoms with Crippen molar-refractivity contribution >= 4 is 56.4 Å². The standard InChI is InChI=1S/C47H39N5/c1-3-15-31(16-4-1)45-48-46(32-17-5-2-6-18-32)50-47(49-45)52-41-25-13-24-40(43(41)38-28-33-19-7-8-20-34(33)29-42(38)52)51-39-23-12-11-22-36(39)37-27-26-30-14-9-10-21-35(30)44(37)51/h1-12,14-17,20-24,26-29,32-33,45-46,48H,13,18-19,25H2,(H,49,50). The van der Waals surface area contributed by atoms with Crippen molar-refractivity contribution in [2.75, 3.05) is 0 Å². The Balaban J connectivity index is 1.19. The van der Waals surface area contributed by atoms with Crippen molar-refractivity contribution in [2.24, 2.45) is 16.8 Å². The van der Waals surface area contributed by atoms with E-state index in [4.69, 9.17) is 4.99 Å². The second-order valence-electron chi connectivity index (χ2n) is 14.6. The maximum absolute atomic E-state index is 5.55. The Hall–Kier alpha value is -5.91. The third-order valence-electron chi connectivity index (χ3n) is 11.7. The highest BCUT2D eigenvalue weighted by atomic mass is 15.4. The van der Waals surface area contributed by atoms with E-state index in [0.717, 1.165) is 31.6 Å². The zero-order valence-electron chi connectivity index (χ0n) is 28.9. The molecule has 5 nitrogen and oxygen atoms in total. The number of hydrogen-bond acceptors (Lipinski definition) is 3. The number of rotatable bonds is 3. The molecule has 5 aliphatic rings. The molecule has 4 atom stereocenters. The quantitative estimate of drug-likeness (QED) is 0.199. The van der Waals surface area contributed by atoms with E-state index in [1.807, 2.05) is 0 Å². The summed E-state index contributed by atoms with van der Waals surface area (Å²) in [5, 5.41) is 15.5. The van der Waals surface area contributed by atoms with Crippen molar-refractivity contribution in [1.82, 2.24) is 19.8 Å². The number of nitrogens with zero attached hydrogens (tertiary/aromatic N) is 3. The molecule has 3 heterocycles. The fourth-order valence-corrected chi connectivity index (χ4v) is 9.26. The van der Waals surface area contributed by atoms with Crippen LogP contribution in [0.15, 0.2) is 150 Å². The second-order valence-corrected chi connectivity index (χ2v) is 14.6. The van der Waals surface area contributed by atoms with Crippen molar-refractivity contribution in [1.29, 1.82) is 0 Å². The predicted octanol–water partition coefficient (Wildman–Crippen LogP) is 8.22. The van der Waals surface area contributed by atoms with Crippen LogP contribution in [0.4, 0.5) is 0 Å². The summed E-state index contributed by atoms with van der Waals surface area (Å²) in [6, 6.07) is 33.1. The highest BCUT2D eigenvalue weighted by Crippen LogP contribution is 2.40. The maximum Gasteiger partial charge on any atom is 0.206 e. The number of benzene rings is 4. The molecule has 0 saturated carbocycles. The number of allylic oxidation sites excluding steroid dienone is 8. The van der Waals surface area contributed by atoms with Gasteiger partial charge in [-0.25, -0.2) is 4.99 Å². The van der Waals surface area contributed by atoms with Crippen LogP contribution in [-0.2, 0) is 6.42 Å². The van der Waals surface area contributed by atoms with Crippen LogP contribution < -0.4 is 21.2 Å². The molecule has 4 unspecified atom stereocenters. The molecule has 0 fully saturated rings. The van der Waals surface area contributed by atoms with E-state index < -0.39 is 0 Å². The molecule has 2 N–H and O–H groups in total. The Morgan fingerprint density at radius 3 is 2.50 bits per heavy atom. The summed E-state index contributed by atoms with van der Waals surface area (Å²) >= 11 is 0. The van der Waals surface area contributed by atoms with Crippen molar-refractivity contribution in [3.05, 3.63) is 173 Å². The van der Waals surface area contributed by atoms with Crippen LogP contribution >= 0.6 is 0 Å². The van der Waals surface area contributed by atoms with Gasteiger partial charge in [0.05, 0.1) is 22.1 Å². The molecule has 0 spiro atoms. The summed E-state index contributed by atoms with van der Waals surface area (Å²) in [7, 11) is 0. The number of hydrogen-bond donors (Lipinski definition) is 2. The van der Waals surface area contributed by atoms with Crippen LogP contribution in [0.5, 0.6) is 0 Å². The van der Waals surface area contributed by atoms with Crippen molar-refractivity contribution in [2.45, 2.75) is 38.0 Å². The summed E-state index contributed by atoms with van der Waals surface area (Å²) in [6.07, 6.45) is 26.9. The number of aliphatic imine (C=N–C) groups is 1. The number of para-hydroxylation sites is 1. The van der Waals surface area contributed by atoms with E-state index in [9.17, 15) is 0 Å². The summed E-state index contributed by atoms with van der Waals surface area (Å²) in [6.45, 7) is 0. The van der Waals surface area contributed by atoms with E-state index in [2.05, 4.69) is 172 Å². The van der Waals surface area contributed by atoms with E-state index in [0.29, 0.717) is 5.92 Å². The van der Waals surface area contributed by atoms with E-state index in [1.54, 1.807) is 0 Å². The lowest BCUT2D eigenvalue weighted by Gasteiger charge is -2.35. The highest BCUT2D eigenvalue weighted by molar-refractivity contribution is 6.19. The summed E-state index contributed by atoms with van der Waals surface area (Å²) in [5.74, 6) is 1.54. The largest absolute Gasteiger partial charge is 0.336 e. The summed E-state index contributed by atoms with van der Waals surface area (Å²) in [4.78, 5) is 5.55. The smallest absolute Gasteiger partial charge is 0.206 e. The first-order valence-electron chi connectivity index (χ1n) is 18.7. The summed E-state index contributed by atoms with van der Waals surface area (Å²) < 4.78 is 5.06. The Labute approximate surface area is 302 Å². The van der Waals surface area contributed by atoms with Gasteiger partial charge in [-0.1, -0.05) is 140 Å². The lowest BCUT2D eigenvalue weighted by atomic mass is 9.86. The average Bonchev–Trinajstić information content (AvgIpc) is 3.73. The minimum absolute atomic E-state index is 0.0733. The Bertz CT molecular complexity index is 2760. The molecule has 0 radical (unpaired) electrons. The van der Waals surface area contributed by atoms with Gasteiger partial charge in [0.2, 0.25) is 5.96 Å². The minimum Gasteiger partial charge on any atom is -0.336 e. The third-order valence-corrected chi connectivity index (χ3v) is 11.7. The fraction of sp³-hybridized carbons (Fsp3) is 0.170. The van der Waals surface area contributed by atoms with Crippen molar-refractivity contribution < 1.29 is 0 Å². The SMILES string of the molecule is C1=CCC2C=c3c4c(n(C5=NC(C6C=CC=CC6)NC(c6ccccc6)N5)c3=CC2=C1)CCC=C4n1c2ccccc2c2ccc3ccccc3c21. The second kappa shape index (κ2) is 11.8. The number of aromatic nitrogens is 2. The Kier molecular flexibility index (Phi) is 6.77. The third kappa shape index (κ3) is 4.55. The average molecular weight is 674 g/mol. The van der Waals surface area contributed by atoms with Crippen LogP contribution in [0.25, 0.3) is 50.4 Å². The normalized spacial score (nSPS) is 23.2. The minimum atomic E-state index is -0.0776. The molecule has 0 bridgehead atoms. The molecule has 4 aromatic carbocycles. The summed E-state index contributed by atoms with van der Waals surface area (Å²) in [5.41, 5.74) is 9.02. The van der Waals surface area contributed by atoms with Gasteiger partial charge in [-0.15, -0.1) is 0 Å². The lowest BCUT2D eigenvalue weighted by molar-refractivity contribution is 0.334. The molecule has 5 heteroatoms. The molecule has 1 aliphatic heterocycles. The molecular formula is C47H39N5. The lowest BCUT2D eigenvalue weighted by Crippen LogP contribution is -2.54. The van der Waals surface area contributed by atoms with E-state index in [1.165, 1.54) is 71.2 Å². The Morgan fingerprint density at radius 2 is 1.60 bits per heavy atom. The van der Waals surface area contributed by atoms with Gasteiger partial charge >= 0.3 is 0 Å². The van der Waals surface area contributed by atoms with Gasteiger partial charge in [-0.2, -0.15) is 0 Å². The molecule has 252 valence electrons. The first-order chi connectivity index (χ1) is 25.8. The molecule has 52 heavy (non-hydrogen) atoms. The van der Waals surface area contributed by atoms with Crippen molar-refractivity contribution in [3.8, 4) is 0 Å².